The third-order valence-corrected chi connectivity index (χ3v) is 1.82. The van der Waals surface area contributed by atoms with E-state index in [4.69, 9.17) is 4.74 Å². The van der Waals surface area contributed by atoms with Crippen LogP contribution in [0.15, 0.2) is 0 Å². The van der Waals surface area contributed by atoms with Gasteiger partial charge in [0.15, 0.2) is 0 Å². The van der Waals surface area contributed by atoms with E-state index >= 15 is 0 Å². The Morgan fingerprint density at radius 2 is 2.14 bits per heavy atom. The number of rotatable bonds is 8. The number of carbonyl (C=O) groups excluding carboxylic acids is 1. The van der Waals surface area contributed by atoms with E-state index in [9.17, 15) is 4.79 Å². The Hall–Kier alpha value is -0.610. The van der Waals surface area contributed by atoms with Gasteiger partial charge in [-0.05, 0) is 20.4 Å². The Kier molecular flexibility index (Phi) is 8.57. The molecule has 0 heterocycles. The van der Waals surface area contributed by atoms with Crippen LogP contribution in [0.4, 0.5) is 0 Å². The van der Waals surface area contributed by atoms with Crippen molar-refractivity contribution in [2.75, 3.05) is 26.3 Å². The highest BCUT2D eigenvalue weighted by Gasteiger charge is 2.06. The fourth-order valence-corrected chi connectivity index (χ4v) is 1.18. The minimum absolute atomic E-state index is 0.0816. The number of amides is 1. The topological polar surface area (TPSA) is 50.4 Å². The maximum Gasteiger partial charge on any atom is 0.221 e. The molecule has 0 bridgehead atoms. The first-order chi connectivity index (χ1) is 6.70. The van der Waals surface area contributed by atoms with Crippen LogP contribution in [0.5, 0.6) is 0 Å². The molecule has 84 valence electrons. The minimum atomic E-state index is 0.0816. The molecule has 0 radical (unpaired) electrons. The Morgan fingerprint density at radius 1 is 1.43 bits per heavy atom. The normalized spacial score (nSPS) is 12.5. The van der Waals surface area contributed by atoms with Gasteiger partial charge in [-0.15, -0.1) is 0 Å². The van der Waals surface area contributed by atoms with Crippen molar-refractivity contribution in [2.24, 2.45) is 0 Å². The summed E-state index contributed by atoms with van der Waals surface area (Å²) in [6.07, 6.45) is 0.528. The van der Waals surface area contributed by atoms with E-state index in [0.717, 1.165) is 6.54 Å². The number of carbonyl (C=O) groups is 1. The second-order valence-electron chi connectivity index (χ2n) is 3.21. The molecule has 0 saturated heterocycles. The second kappa shape index (κ2) is 8.97. The molecule has 0 aliphatic rings. The zero-order chi connectivity index (χ0) is 10.8. The van der Waals surface area contributed by atoms with Gasteiger partial charge in [-0.25, -0.2) is 0 Å². The minimum Gasteiger partial charge on any atom is -0.380 e. The quantitative estimate of drug-likeness (QED) is 0.564. The lowest BCUT2D eigenvalue weighted by molar-refractivity contribution is -0.121. The highest BCUT2D eigenvalue weighted by molar-refractivity contribution is 5.76. The van der Waals surface area contributed by atoms with Crippen LogP contribution in [-0.4, -0.2) is 38.3 Å². The Bertz CT molecular complexity index is 151. The van der Waals surface area contributed by atoms with E-state index in [2.05, 4.69) is 10.6 Å². The van der Waals surface area contributed by atoms with Gasteiger partial charge >= 0.3 is 0 Å². The molecule has 4 nitrogen and oxygen atoms in total. The monoisotopic (exact) mass is 202 g/mol. The zero-order valence-corrected chi connectivity index (χ0v) is 9.43. The first kappa shape index (κ1) is 13.4. The molecule has 0 aromatic carbocycles. The molecular formula is C10H22N2O2. The predicted octanol–water partition coefficient (Wildman–Crippen LogP) is 0.527. The van der Waals surface area contributed by atoms with E-state index in [1.54, 1.807) is 0 Å². The summed E-state index contributed by atoms with van der Waals surface area (Å²) < 4.78 is 5.11. The van der Waals surface area contributed by atoms with Crippen molar-refractivity contribution in [1.82, 2.24) is 10.6 Å². The summed E-state index contributed by atoms with van der Waals surface area (Å²) in [4.78, 5) is 11.3. The third kappa shape index (κ3) is 8.01. The van der Waals surface area contributed by atoms with E-state index in [-0.39, 0.29) is 11.9 Å². The van der Waals surface area contributed by atoms with E-state index in [1.807, 2.05) is 20.8 Å². The SMILES string of the molecule is CCNC(C)CC(=O)NCCOCC. The van der Waals surface area contributed by atoms with Gasteiger partial charge in [-0.3, -0.25) is 4.79 Å². The summed E-state index contributed by atoms with van der Waals surface area (Å²) >= 11 is 0. The standard InChI is InChI=1S/C10H22N2O2/c1-4-11-9(3)8-10(13)12-6-7-14-5-2/h9,11H,4-8H2,1-3H3,(H,12,13). The summed E-state index contributed by atoms with van der Waals surface area (Å²) in [6.45, 7) is 8.77. The van der Waals surface area contributed by atoms with Gasteiger partial charge in [0, 0.05) is 25.6 Å². The molecule has 0 aliphatic carbocycles. The maximum absolute atomic E-state index is 11.3. The van der Waals surface area contributed by atoms with Crippen LogP contribution in [0, 0.1) is 0 Å². The molecule has 2 N–H and O–H groups in total. The van der Waals surface area contributed by atoms with Gasteiger partial charge < -0.3 is 15.4 Å². The van der Waals surface area contributed by atoms with Crippen molar-refractivity contribution in [2.45, 2.75) is 33.2 Å². The Balaban J connectivity index is 3.35. The van der Waals surface area contributed by atoms with Crippen LogP contribution in [0.3, 0.4) is 0 Å². The lowest BCUT2D eigenvalue weighted by Gasteiger charge is -2.11. The molecule has 0 saturated carbocycles. The molecule has 4 heteroatoms. The fraction of sp³-hybridized carbons (Fsp3) is 0.900. The van der Waals surface area contributed by atoms with Crippen molar-refractivity contribution in [3.8, 4) is 0 Å². The predicted molar refractivity (Wildman–Crippen MR) is 57.3 cm³/mol. The Labute approximate surface area is 86.4 Å². The van der Waals surface area contributed by atoms with Gasteiger partial charge in [0.25, 0.3) is 0 Å². The van der Waals surface area contributed by atoms with Crippen molar-refractivity contribution in [1.29, 1.82) is 0 Å². The summed E-state index contributed by atoms with van der Waals surface area (Å²) in [6, 6.07) is 0.243. The Morgan fingerprint density at radius 3 is 2.71 bits per heavy atom. The van der Waals surface area contributed by atoms with Crippen LogP contribution < -0.4 is 10.6 Å². The summed E-state index contributed by atoms with van der Waals surface area (Å²) in [5.41, 5.74) is 0. The fourth-order valence-electron chi connectivity index (χ4n) is 1.18. The lowest BCUT2D eigenvalue weighted by Crippen LogP contribution is -2.34. The van der Waals surface area contributed by atoms with E-state index in [1.165, 1.54) is 0 Å². The molecule has 0 aromatic rings. The molecular weight excluding hydrogens is 180 g/mol. The molecule has 0 aromatic heterocycles. The molecule has 14 heavy (non-hydrogen) atoms. The van der Waals surface area contributed by atoms with Crippen LogP contribution in [0.1, 0.15) is 27.2 Å². The van der Waals surface area contributed by atoms with Crippen LogP contribution in [-0.2, 0) is 9.53 Å². The van der Waals surface area contributed by atoms with Crippen molar-refractivity contribution >= 4 is 5.91 Å². The van der Waals surface area contributed by atoms with Crippen molar-refractivity contribution < 1.29 is 9.53 Å². The van der Waals surface area contributed by atoms with Crippen LogP contribution >= 0.6 is 0 Å². The first-order valence-corrected chi connectivity index (χ1v) is 5.28. The summed E-state index contributed by atoms with van der Waals surface area (Å²) in [7, 11) is 0. The zero-order valence-electron chi connectivity index (χ0n) is 9.43. The average Bonchev–Trinajstić information content (AvgIpc) is 2.13. The number of ether oxygens (including phenoxy) is 1. The molecule has 0 spiro atoms. The highest BCUT2D eigenvalue weighted by Crippen LogP contribution is 1.89. The number of nitrogens with one attached hydrogen (secondary N) is 2. The third-order valence-electron chi connectivity index (χ3n) is 1.82. The average molecular weight is 202 g/mol. The highest BCUT2D eigenvalue weighted by atomic mass is 16.5. The van der Waals surface area contributed by atoms with Gasteiger partial charge in [0.05, 0.1) is 6.61 Å². The van der Waals surface area contributed by atoms with E-state index in [0.29, 0.717) is 26.2 Å². The largest absolute Gasteiger partial charge is 0.380 e. The first-order valence-electron chi connectivity index (χ1n) is 5.28. The molecule has 1 unspecified atom stereocenters. The molecule has 1 amide bonds. The van der Waals surface area contributed by atoms with Gasteiger partial charge in [-0.1, -0.05) is 6.92 Å². The summed E-state index contributed by atoms with van der Waals surface area (Å²) in [5, 5.41) is 5.99. The van der Waals surface area contributed by atoms with Gasteiger partial charge in [-0.2, -0.15) is 0 Å². The lowest BCUT2D eigenvalue weighted by atomic mass is 10.2. The van der Waals surface area contributed by atoms with Crippen LogP contribution in [0.2, 0.25) is 0 Å². The summed E-state index contributed by atoms with van der Waals surface area (Å²) in [5.74, 6) is 0.0816. The smallest absolute Gasteiger partial charge is 0.221 e. The molecule has 0 rings (SSSR count). The van der Waals surface area contributed by atoms with E-state index < -0.39 is 0 Å². The van der Waals surface area contributed by atoms with Gasteiger partial charge in [0.1, 0.15) is 0 Å². The molecule has 0 aliphatic heterocycles. The maximum atomic E-state index is 11.3. The van der Waals surface area contributed by atoms with Crippen molar-refractivity contribution in [3.63, 3.8) is 0 Å². The number of hydrogen-bond donors (Lipinski definition) is 2. The van der Waals surface area contributed by atoms with Gasteiger partial charge in [0.2, 0.25) is 5.91 Å². The second-order valence-corrected chi connectivity index (χ2v) is 3.21. The molecule has 1 atom stereocenters. The number of hydrogen-bond acceptors (Lipinski definition) is 3. The van der Waals surface area contributed by atoms with Crippen molar-refractivity contribution in [3.05, 3.63) is 0 Å². The van der Waals surface area contributed by atoms with Crippen LogP contribution in [0.25, 0.3) is 0 Å². The molecule has 0 fully saturated rings.